The van der Waals surface area contributed by atoms with Crippen molar-refractivity contribution in [3.05, 3.63) is 0 Å². The molecule has 2 aliphatic rings. The third-order valence-electron chi connectivity index (χ3n) is 5.04. The number of carbonyl (C=O) groups excluding carboxylic acids is 1. The van der Waals surface area contributed by atoms with E-state index >= 15 is 0 Å². The first-order valence-corrected chi connectivity index (χ1v) is 8.27. The maximum atomic E-state index is 12.4. The summed E-state index contributed by atoms with van der Waals surface area (Å²) < 4.78 is 0. The molecule has 2 N–H and O–H groups in total. The second-order valence-electron chi connectivity index (χ2n) is 6.51. The Kier molecular flexibility index (Phi) is 6.30. The molecule has 3 atom stereocenters. The number of amides is 1. The highest BCUT2D eigenvalue weighted by molar-refractivity contribution is 5.76. The van der Waals surface area contributed by atoms with E-state index in [4.69, 9.17) is 5.11 Å². The zero-order chi connectivity index (χ0) is 14.4. The Morgan fingerprint density at radius 2 is 1.85 bits per heavy atom. The van der Waals surface area contributed by atoms with E-state index in [0.717, 1.165) is 64.5 Å². The summed E-state index contributed by atoms with van der Waals surface area (Å²) in [5.74, 6) is 0.964. The summed E-state index contributed by atoms with van der Waals surface area (Å²) >= 11 is 0. The van der Waals surface area contributed by atoms with Crippen molar-refractivity contribution in [3.8, 4) is 0 Å². The van der Waals surface area contributed by atoms with E-state index in [1.165, 1.54) is 0 Å². The molecule has 4 nitrogen and oxygen atoms in total. The number of rotatable bonds is 4. The third kappa shape index (κ3) is 4.45. The van der Waals surface area contributed by atoms with E-state index < -0.39 is 0 Å². The van der Waals surface area contributed by atoms with Crippen molar-refractivity contribution in [1.29, 1.82) is 0 Å². The molecule has 0 radical (unpaired) electrons. The fourth-order valence-corrected chi connectivity index (χ4v) is 3.67. The van der Waals surface area contributed by atoms with Gasteiger partial charge in [0.15, 0.2) is 0 Å². The van der Waals surface area contributed by atoms with Crippen molar-refractivity contribution in [2.75, 3.05) is 19.7 Å². The summed E-state index contributed by atoms with van der Waals surface area (Å²) in [4.78, 5) is 14.4. The van der Waals surface area contributed by atoms with E-state index in [9.17, 15) is 9.90 Å². The minimum Gasteiger partial charge on any atom is -0.396 e. The molecule has 1 unspecified atom stereocenters. The Labute approximate surface area is 122 Å². The first-order valence-electron chi connectivity index (χ1n) is 8.27. The zero-order valence-corrected chi connectivity index (χ0v) is 12.5. The molecule has 1 saturated heterocycles. The Bertz CT molecular complexity index is 308. The number of aliphatic hydroxyl groups excluding tert-OH is 2. The van der Waals surface area contributed by atoms with Crippen LogP contribution in [0.4, 0.5) is 0 Å². The molecular formula is C16H29NO3. The molecule has 0 aromatic carbocycles. The van der Waals surface area contributed by atoms with Crippen LogP contribution in [-0.2, 0) is 4.79 Å². The van der Waals surface area contributed by atoms with Gasteiger partial charge in [0.2, 0.25) is 5.91 Å². The van der Waals surface area contributed by atoms with Crippen LogP contribution >= 0.6 is 0 Å². The minimum absolute atomic E-state index is 0.174. The van der Waals surface area contributed by atoms with Crippen molar-refractivity contribution in [3.63, 3.8) is 0 Å². The number of nitrogens with zero attached hydrogens (tertiary/aromatic N) is 1. The van der Waals surface area contributed by atoms with E-state index in [1.807, 2.05) is 4.90 Å². The van der Waals surface area contributed by atoms with E-state index in [0.29, 0.717) is 12.3 Å². The number of hydrogen-bond donors (Lipinski definition) is 2. The average molecular weight is 283 g/mol. The highest BCUT2D eigenvalue weighted by Gasteiger charge is 2.28. The minimum atomic E-state index is -0.276. The summed E-state index contributed by atoms with van der Waals surface area (Å²) in [7, 11) is 0. The molecule has 4 heteroatoms. The van der Waals surface area contributed by atoms with Gasteiger partial charge in [0, 0.05) is 26.1 Å². The molecule has 2 fully saturated rings. The standard InChI is InChI=1S/C16H29NO3/c18-11-8-13-4-3-9-17(10-7-13)16(20)12-14-5-1-2-6-15(14)19/h13-15,18-19H,1-12H2/t13?,14-,15+/m0/s1. The Morgan fingerprint density at radius 3 is 2.60 bits per heavy atom. The van der Waals surface area contributed by atoms with E-state index in [2.05, 4.69) is 0 Å². The molecule has 1 saturated carbocycles. The molecule has 2 rings (SSSR count). The highest BCUT2D eigenvalue weighted by Crippen LogP contribution is 2.28. The Hall–Kier alpha value is -0.610. The van der Waals surface area contributed by atoms with Gasteiger partial charge in [0.25, 0.3) is 0 Å². The molecule has 1 heterocycles. The van der Waals surface area contributed by atoms with Crippen LogP contribution in [0.25, 0.3) is 0 Å². The lowest BCUT2D eigenvalue weighted by atomic mass is 9.84. The quantitative estimate of drug-likeness (QED) is 0.829. The largest absolute Gasteiger partial charge is 0.396 e. The molecule has 0 bridgehead atoms. The maximum absolute atomic E-state index is 12.4. The predicted octanol–water partition coefficient (Wildman–Crippen LogP) is 1.94. The molecule has 116 valence electrons. The number of hydrogen-bond acceptors (Lipinski definition) is 3. The van der Waals surface area contributed by atoms with Gasteiger partial charge in [-0.3, -0.25) is 4.79 Å². The second-order valence-corrected chi connectivity index (χ2v) is 6.51. The van der Waals surface area contributed by atoms with Crippen molar-refractivity contribution < 1.29 is 15.0 Å². The zero-order valence-electron chi connectivity index (χ0n) is 12.5. The first kappa shape index (κ1) is 15.8. The normalized spacial score (nSPS) is 31.9. The lowest BCUT2D eigenvalue weighted by Gasteiger charge is -2.29. The van der Waals surface area contributed by atoms with Gasteiger partial charge in [-0.2, -0.15) is 0 Å². The van der Waals surface area contributed by atoms with Crippen molar-refractivity contribution in [2.45, 2.75) is 63.9 Å². The Morgan fingerprint density at radius 1 is 1.05 bits per heavy atom. The summed E-state index contributed by atoms with van der Waals surface area (Å²) in [6, 6.07) is 0. The van der Waals surface area contributed by atoms with Crippen LogP contribution in [0.2, 0.25) is 0 Å². The molecule has 0 aromatic heterocycles. The highest BCUT2D eigenvalue weighted by atomic mass is 16.3. The summed E-state index contributed by atoms with van der Waals surface area (Å²) in [5, 5.41) is 19.0. The van der Waals surface area contributed by atoms with E-state index in [1.54, 1.807) is 0 Å². The average Bonchev–Trinajstić information content (AvgIpc) is 2.67. The van der Waals surface area contributed by atoms with Crippen LogP contribution in [0.15, 0.2) is 0 Å². The first-order chi connectivity index (χ1) is 9.70. The topological polar surface area (TPSA) is 60.8 Å². The number of likely N-dealkylation sites (tertiary alicyclic amines) is 1. The van der Waals surface area contributed by atoms with Crippen LogP contribution in [0.1, 0.15) is 57.8 Å². The number of carbonyl (C=O) groups is 1. The molecule has 1 amide bonds. The second kappa shape index (κ2) is 7.99. The number of aliphatic hydroxyl groups is 2. The smallest absolute Gasteiger partial charge is 0.222 e. The van der Waals surface area contributed by atoms with Gasteiger partial charge in [-0.25, -0.2) is 0 Å². The van der Waals surface area contributed by atoms with Gasteiger partial charge in [0.05, 0.1) is 6.10 Å². The SMILES string of the molecule is O=C(C[C@@H]1CCCC[C@H]1O)N1CCCC(CCO)CC1. The van der Waals surface area contributed by atoms with Crippen molar-refractivity contribution in [1.82, 2.24) is 4.90 Å². The van der Waals surface area contributed by atoms with Gasteiger partial charge < -0.3 is 15.1 Å². The molecule has 1 aliphatic heterocycles. The van der Waals surface area contributed by atoms with Gasteiger partial charge in [-0.1, -0.05) is 12.8 Å². The van der Waals surface area contributed by atoms with Crippen LogP contribution in [0.5, 0.6) is 0 Å². The molecule has 1 aliphatic carbocycles. The van der Waals surface area contributed by atoms with Crippen LogP contribution in [-0.4, -0.2) is 46.8 Å². The summed E-state index contributed by atoms with van der Waals surface area (Å²) in [5.41, 5.74) is 0. The monoisotopic (exact) mass is 283 g/mol. The van der Waals surface area contributed by atoms with Crippen molar-refractivity contribution >= 4 is 5.91 Å². The third-order valence-corrected chi connectivity index (χ3v) is 5.04. The van der Waals surface area contributed by atoms with Crippen molar-refractivity contribution in [2.24, 2.45) is 11.8 Å². The lowest BCUT2D eigenvalue weighted by molar-refractivity contribution is -0.133. The predicted molar refractivity (Wildman–Crippen MR) is 78.2 cm³/mol. The molecule has 0 spiro atoms. The van der Waals surface area contributed by atoms with Gasteiger partial charge in [-0.05, 0) is 50.4 Å². The van der Waals surface area contributed by atoms with Crippen LogP contribution in [0, 0.1) is 11.8 Å². The van der Waals surface area contributed by atoms with E-state index in [-0.39, 0.29) is 24.5 Å². The summed E-state index contributed by atoms with van der Waals surface area (Å²) in [6.45, 7) is 1.93. The molecular weight excluding hydrogens is 254 g/mol. The van der Waals surface area contributed by atoms with Crippen LogP contribution < -0.4 is 0 Å². The lowest BCUT2D eigenvalue weighted by Crippen LogP contribution is -2.36. The Balaban J connectivity index is 1.79. The molecule has 0 aromatic rings. The van der Waals surface area contributed by atoms with Gasteiger partial charge in [-0.15, -0.1) is 0 Å². The maximum Gasteiger partial charge on any atom is 0.222 e. The van der Waals surface area contributed by atoms with Crippen LogP contribution in [0.3, 0.4) is 0 Å². The summed E-state index contributed by atoms with van der Waals surface area (Å²) in [6.07, 6.45) is 8.38. The fourth-order valence-electron chi connectivity index (χ4n) is 3.67. The van der Waals surface area contributed by atoms with Gasteiger partial charge in [0.1, 0.15) is 0 Å². The fraction of sp³-hybridized carbons (Fsp3) is 0.938. The molecule has 20 heavy (non-hydrogen) atoms. The van der Waals surface area contributed by atoms with Gasteiger partial charge >= 0.3 is 0 Å².